The van der Waals surface area contributed by atoms with Crippen LogP contribution < -0.4 is 4.90 Å². The highest BCUT2D eigenvalue weighted by Crippen LogP contribution is 2.14. The molecule has 0 saturated carbocycles. The molecule has 18 heavy (non-hydrogen) atoms. The molecule has 0 aliphatic carbocycles. The molecule has 0 aliphatic heterocycles. The molecule has 0 atom stereocenters. The van der Waals surface area contributed by atoms with Crippen molar-refractivity contribution in [2.45, 2.75) is 13.3 Å². The molecule has 0 heterocycles. The van der Waals surface area contributed by atoms with E-state index in [1.54, 1.807) is 0 Å². The first-order valence-electron chi connectivity index (χ1n) is 6.22. The second-order valence-electron chi connectivity index (χ2n) is 4.42. The van der Waals surface area contributed by atoms with Crippen molar-refractivity contribution >= 4 is 27.5 Å². The van der Waals surface area contributed by atoms with E-state index in [-0.39, 0.29) is 5.91 Å². The molecule has 0 aromatic heterocycles. The lowest BCUT2D eigenvalue weighted by Gasteiger charge is -2.21. The molecular weight excluding hydrogens is 292 g/mol. The van der Waals surface area contributed by atoms with Crippen LogP contribution in [-0.4, -0.2) is 43.3 Å². The Balaban J connectivity index is 2.81. The van der Waals surface area contributed by atoms with Gasteiger partial charge in [0, 0.05) is 43.8 Å². The Bertz CT molecular complexity index is 370. The number of rotatable bonds is 6. The third kappa shape index (κ3) is 4.02. The minimum atomic E-state index is 0.113. The highest BCUT2D eigenvalue weighted by Gasteiger charge is 2.14. The van der Waals surface area contributed by atoms with Gasteiger partial charge in [-0.15, -0.1) is 0 Å². The molecule has 0 saturated heterocycles. The maximum absolute atomic E-state index is 12.3. The SMILES string of the molecule is CCCN(CCBr)C(=O)c1ccc(N(C)C)cc1. The maximum Gasteiger partial charge on any atom is 0.253 e. The minimum Gasteiger partial charge on any atom is -0.378 e. The summed E-state index contributed by atoms with van der Waals surface area (Å²) in [5, 5.41) is 0.814. The monoisotopic (exact) mass is 312 g/mol. The first-order chi connectivity index (χ1) is 8.60. The number of halogens is 1. The van der Waals surface area contributed by atoms with E-state index in [0.717, 1.165) is 36.1 Å². The Hall–Kier alpha value is -1.03. The van der Waals surface area contributed by atoms with Gasteiger partial charge in [-0.05, 0) is 30.7 Å². The van der Waals surface area contributed by atoms with Crippen molar-refractivity contribution in [3.8, 4) is 0 Å². The van der Waals surface area contributed by atoms with Gasteiger partial charge in [-0.2, -0.15) is 0 Å². The van der Waals surface area contributed by atoms with Crippen molar-refractivity contribution in [1.29, 1.82) is 0 Å². The van der Waals surface area contributed by atoms with Gasteiger partial charge in [0.05, 0.1) is 0 Å². The highest BCUT2D eigenvalue weighted by atomic mass is 79.9. The molecular formula is C14H21BrN2O. The number of carbonyl (C=O) groups excluding carboxylic acids is 1. The Labute approximate surface area is 118 Å². The average molecular weight is 313 g/mol. The minimum absolute atomic E-state index is 0.113. The van der Waals surface area contributed by atoms with Crippen molar-refractivity contribution in [1.82, 2.24) is 4.90 Å². The van der Waals surface area contributed by atoms with Gasteiger partial charge in [0.15, 0.2) is 0 Å². The third-order valence-corrected chi connectivity index (χ3v) is 3.12. The van der Waals surface area contributed by atoms with Crippen LogP contribution in [0.25, 0.3) is 0 Å². The Morgan fingerprint density at radius 2 is 1.78 bits per heavy atom. The second kappa shape index (κ2) is 7.41. The quantitative estimate of drug-likeness (QED) is 0.754. The topological polar surface area (TPSA) is 23.6 Å². The number of alkyl halides is 1. The van der Waals surface area contributed by atoms with Crippen LogP contribution >= 0.6 is 15.9 Å². The lowest BCUT2D eigenvalue weighted by atomic mass is 10.1. The van der Waals surface area contributed by atoms with Crippen LogP contribution in [0.1, 0.15) is 23.7 Å². The Morgan fingerprint density at radius 3 is 2.22 bits per heavy atom. The Morgan fingerprint density at radius 1 is 1.17 bits per heavy atom. The van der Waals surface area contributed by atoms with Crippen LogP contribution in [0.2, 0.25) is 0 Å². The largest absolute Gasteiger partial charge is 0.378 e. The molecule has 0 unspecified atom stereocenters. The van der Waals surface area contributed by atoms with E-state index in [4.69, 9.17) is 0 Å². The van der Waals surface area contributed by atoms with Crippen LogP contribution in [-0.2, 0) is 0 Å². The molecule has 4 heteroatoms. The zero-order chi connectivity index (χ0) is 13.5. The molecule has 0 radical (unpaired) electrons. The van der Waals surface area contributed by atoms with Gasteiger partial charge < -0.3 is 9.80 Å². The van der Waals surface area contributed by atoms with Crippen molar-refractivity contribution < 1.29 is 4.79 Å². The summed E-state index contributed by atoms with van der Waals surface area (Å²) in [7, 11) is 3.98. The van der Waals surface area contributed by atoms with Gasteiger partial charge in [-0.25, -0.2) is 0 Å². The molecule has 1 aromatic rings. The van der Waals surface area contributed by atoms with Gasteiger partial charge in [0.2, 0.25) is 0 Å². The van der Waals surface area contributed by atoms with Gasteiger partial charge in [-0.1, -0.05) is 22.9 Å². The van der Waals surface area contributed by atoms with Crippen molar-refractivity contribution in [3.63, 3.8) is 0 Å². The zero-order valence-electron chi connectivity index (χ0n) is 11.3. The first-order valence-corrected chi connectivity index (χ1v) is 7.35. The third-order valence-electron chi connectivity index (χ3n) is 2.77. The van der Waals surface area contributed by atoms with Crippen molar-refractivity contribution in [2.75, 3.05) is 37.4 Å². The van der Waals surface area contributed by atoms with E-state index in [9.17, 15) is 4.79 Å². The summed E-state index contributed by atoms with van der Waals surface area (Å²) >= 11 is 3.39. The van der Waals surface area contributed by atoms with E-state index < -0.39 is 0 Å². The number of nitrogens with zero attached hydrogens (tertiary/aromatic N) is 2. The smallest absolute Gasteiger partial charge is 0.253 e. The fourth-order valence-electron chi connectivity index (χ4n) is 1.77. The van der Waals surface area contributed by atoms with E-state index in [2.05, 4.69) is 22.9 Å². The summed E-state index contributed by atoms with van der Waals surface area (Å²) in [4.78, 5) is 16.2. The predicted molar refractivity (Wildman–Crippen MR) is 80.8 cm³/mol. The van der Waals surface area contributed by atoms with Crippen LogP contribution in [0.3, 0.4) is 0 Å². The molecule has 0 fully saturated rings. The average Bonchev–Trinajstić information content (AvgIpc) is 2.38. The number of anilines is 1. The Kier molecular flexibility index (Phi) is 6.19. The zero-order valence-corrected chi connectivity index (χ0v) is 12.9. The van der Waals surface area contributed by atoms with Crippen LogP contribution in [0.5, 0.6) is 0 Å². The fourth-order valence-corrected chi connectivity index (χ4v) is 2.20. The molecule has 1 amide bonds. The number of hydrogen-bond acceptors (Lipinski definition) is 2. The summed E-state index contributed by atoms with van der Waals surface area (Å²) in [5.74, 6) is 0.113. The van der Waals surface area contributed by atoms with Gasteiger partial charge in [-0.3, -0.25) is 4.79 Å². The summed E-state index contributed by atoms with van der Waals surface area (Å²) in [6.07, 6.45) is 0.981. The molecule has 0 N–H and O–H groups in total. The van der Waals surface area contributed by atoms with E-state index >= 15 is 0 Å². The molecule has 0 aliphatic rings. The standard InChI is InChI=1S/C14H21BrN2O/c1-4-10-17(11-9-15)14(18)12-5-7-13(8-6-12)16(2)3/h5-8H,4,9-11H2,1-3H3. The van der Waals surface area contributed by atoms with Crippen molar-refractivity contribution in [2.24, 2.45) is 0 Å². The van der Waals surface area contributed by atoms with Crippen molar-refractivity contribution in [3.05, 3.63) is 29.8 Å². The summed E-state index contributed by atoms with van der Waals surface area (Å²) in [6.45, 7) is 3.64. The summed E-state index contributed by atoms with van der Waals surface area (Å²) in [6, 6.07) is 7.75. The van der Waals surface area contributed by atoms with Gasteiger partial charge >= 0.3 is 0 Å². The number of benzene rings is 1. The van der Waals surface area contributed by atoms with Gasteiger partial charge in [0.1, 0.15) is 0 Å². The molecule has 3 nitrogen and oxygen atoms in total. The summed E-state index contributed by atoms with van der Waals surface area (Å²) < 4.78 is 0. The van der Waals surface area contributed by atoms with Gasteiger partial charge in [0.25, 0.3) is 5.91 Å². The van der Waals surface area contributed by atoms with E-state index in [0.29, 0.717) is 0 Å². The number of hydrogen-bond donors (Lipinski definition) is 0. The number of carbonyl (C=O) groups is 1. The fraction of sp³-hybridized carbons (Fsp3) is 0.500. The summed E-state index contributed by atoms with van der Waals surface area (Å²) in [5.41, 5.74) is 1.86. The van der Waals surface area contributed by atoms with Crippen LogP contribution in [0.4, 0.5) is 5.69 Å². The predicted octanol–water partition coefficient (Wildman–Crippen LogP) is 3.00. The first kappa shape index (κ1) is 15.0. The maximum atomic E-state index is 12.3. The van der Waals surface area contributed by atoms with E-state index in [1.165, 1.54) is 0 Å². The highest BCUT2D eigenvalue weighted by molar-refractivity contribution is 9.09. The molecule has 0 bridgehead atoms. The number of amides is 1. The molecule has 100 valence electrons. The van der Waals surface area contributed by atoms with E-state index in [1.807, 2.05) is 48.2 Å². The normalized spacial score (nSPS) is 10.2. The lowest BCUT2D eigenvalue weighted by molar-refractivity contribution is 0.0766. The molecule has 1 aromatic carbocycles. The molecule has 0 spiro atoms. The van der Waals surface area contributed by atoms with Crippen LogP contribution in [0.15, 0.2) is 24.3 Å². The second-order valence-corrected chi connectivity index (χ2v) is 5.22. The molecule has 1 rings (SSSR count). The van der Waals surface area contributed by atoms with Crippen LogP contribution in [0, 0.1) is 0 Å². The lowest BCUT2D eigenvalue weighted by Crippen LogP contribution is -2.33.